The number of aromatic nitrogens is 2. The zero-order valence-electron chi connectivity index (χ0n) is 11.4. The number of aliphatic hydroxyl groups is 1. The summed E-state index contributed by atoms with van der Waals surface area (Å²) in [6, 6.07) is 3.54. The highest BCUT2D eigenvalue weighted by atomic mass is 16.5. The van der Waals surface area contributed by atoms with Gasteiger partial charge in [0.1, 0.15) is 6.61 Å². The molecule has 8 nitrogen and oxygen atoms in total. The first kappa shape index (κ1) is 13.8. The zero-order chi connectivity index (χ0) is 14.7. The van der Waals surface area contributed by atoms with Crippen molar-refractivity contribution in [1.29, 1.82) is 0 Å². The molecular weight excluding hydrogens is 276 g/mol. The van der Waals surface area contributed by atoms with Crippen LogP contribution in [0.2, 0.25) is 0 Å². The molecule has 1 fully saturated rings. The van der Waals surface area contributed by atoms with Crippen LogP contribution in [0.25, 0.3) is 11.6 Å². The van der Waals surface area contributed by atoms with Gasteiger partial charge in [-0.3, -0.25) is 9.69 Å². The Hall–Kier alpha value is -2.19. The maximum Gasteiger partial charge on any atom is 0.248 e. The number of aliphatic hydroxyl groups excluding tert-OH is 1. The summed E-state index contributed by atoms with van der Waals surface area (Å²) in [4.78, 5) is 19.4. The SMILES string of the molecule is O=C(CO)N1CCN(Cc2nc(-c3ccco3)no2)CC1. The van der Waals surface area contributed by atoms with Gasteiger partial charge in [0.25, 0.3) is 0 Å². The van der Waals surface area contributed by atoms with Crippen molar-refractivity contribution in [3.05, 3.63) is 24.3 Å². The molecule has 1 aliphatic rings. The van der Waals surface area contributed by atoms with Gasteiger partial charge in [0.2, 0.25) is 17.6 Å². The second-order valence-electron chi connectivity index (χ2n) is 4.80. The Morgan fingerprint density at radius 3 is 2.81 bits per heavy atom. The quantitative estimate of drug-likeness (QED) is 0.845. The highest BCUT2D eigenvalue weighted by Crippen LogP contribution is 2.16. The van der Waals surface area contributed by atoms with Crippen LogP contribution in [0.4, 0.5) is 0 Å². The molecule has 0 aromatic carbocycles. The van der Waals surface area contributed by atoms with Gasteiger partial charge in [0, 0.05) is 26.2 Å². The molecule has 8 heteroatoms. The van der Waals surface area contributed by atoms with E-state index in [1.165, 1.54) is 0 Å². The van der Waals surface area contributed by atoms with Gasteiger partial charge in [-0.2, -0.15) is 4.98 Å². The topological polar surface area (TPSA) is 95.8 Å². The lowest BCUT2D eigenvalue weighted by Gasteiger charge is -2.33. The summed E-state index contributed by atoms with van der Waals surface area (Å²) in [5.41, 5.74) is 0. The lowest BCUT2D eigenvalue weighted by atomic mass is 10.3. The number of piperazine rings is 1. The van der Waals surface area contributed by atoms with Gasteiger partial charge >= 0.3 is 0 Å². The second-order valence-corrected chi connectivity index (χ2v) is 4.80. The standard InChI is InChI=1S/C13H16N4O4/c18-9-12(19)17-5-3-16(4-6-17)8-11-14-13(15-21-11)10-2-1-7-20-10/h1-2,7,18H,3-6,8-9H2. The molecule has 0 radical (unpaired) electrons. The molecule has 1 aliphatic heterocycles. The highest BCUT2D eigenvalue weighted by Gasteiger charge is 2.22. The van der Waals surface area contributed by atoms with Gasteiger partial charge in [-0.25, -0.2) is 0 Å². The highest BCUT2D eigenvalue weighted by molar-refractivity contribution is 5.77. The average molecular weight is 292 g/mol. The molecule has 0 spiro atoms. The number of amides is 1. The van der Waals surface area contributed by atoms with Crippen LogP contribution in [0.1, 0.15) is 5.89 Å². The van der Waals surface area contributed by atoms with E-state index in [1.807, 2.05) is 0 Å². The number of rotatable bonds is 4. The molecule has 0 bridgehead atoms. The van der Waals surface area contributed by atoms with Gasteiger partial charge in [-0.1, -0.05) is 5.16 Å². The van der Waals surface area contributed by atoms with Gasteiger partial charge in [-0.05, 0) is 12.1 Å². The normalized spacial score (nSPS) is 16.3. The smallest absolute Gasteiger partial charge is 0.248 e. The van der Waals surface area contributed by atoms with Gasteiger partial charge in [0.15, 0.2) is 5.76 Å². The Bertz CT molecular complexity index is 587. The maximum atomic E-state index is 11.4. The summed E-state index contributed by atoms with van der Waals surface area (Å²) in [5.74, 6) is 1.29. The Balaban J connectivity index is 1.55. The fourth-order valence-electron chi connectivity index (χ4n) is 2.27. The van der Waals surface area contributed by atoms with Crippen LogP contribution < -0.4 is 0 Å². The minimum absolute atomic E-state index is 0.229. The lowest BCUT2D eigenvalue weighted by molar-refractivity contribution is -0.136. The number of hydrogen-bond donors (Lipinski definition) is 1. The van der Waals surface area contributed by atoms with E-state index in [0.717, 1.165) is 0 Å². The predicted molar refractivity (Wildman–Crippen MR) is 70.9 cm³/mol. The third-order valence-electron chi connectivity index (χ3n) is 3.43. The number of nitrogens with zero attached hydrogens (tertiary/aromatic N) is 4. The van der Waals surface area contributed by atoms with Crippen molar-refractivity contribution < 1.29 is 18.8 Å². The zero-order valence-corrected chi connectivity index (χ0v) is 11.4. The number of furan rings is 1. The molecule has 2 aromatic rings. The monoisotopic (exact) mass is 292 g/mol. The van der Waals surface area contributed by atoms with E-state index in [2.05, 4.69) is 15.0 Å². The average Bonchev–Trinajstić information content (AvgIpc) is 3.18. The number of carbonyl (C=O) groups excluding carboxylic acids is 1. The van der Waals surface area contributed by atoms with Crippen LogP contribution in [0.5, 0.6) is 0 Å². The van der Waals surface area contributed by atoms with E-state index in [4.69, 9.17) is 14.0 Å². The van der Waals surface area contributed by atoms with E-state index in [0.29, 0.717) is 50.2 Å². The van der Waals surface area contributed by atoms with Crippen molar-refractivity contribution in [2.45, 2.75) is 6.54 Å². The van der Waals surface area contributed by atoms with Crippen LogP contribution in [0.3, 0.4) is 0 Å². The van der Waals surface area contributed by atoms with Crippen molar-refractivity contribution >= 4 is 5.91 Å². The molecule has 2 aromatic heterocycles. The molecule has 21 heavy (non-hydrogen) atoms. The minimum atomic E-state index is -0.434. The van der Waals surface area contributed by atoms with Crippen molar-refractivity contribution in [2.24, 2.45) is 0 Å². The molecule has 112 valence electrons. The van der Waals surface area contributed by atoms with Crippen molar-refractivity contribution in [1.82, 2.24) is 19.9 Å². The first-order valence-corrected chi connectivity index (χ1v) is 6.73. The van der Waals surface area contributed by atoms with E-state index < -0.39 is 6.61 Å². The van der Waals surface area contributed by atoms with E-state index in [1.54, 1.807) is 23.3 Å². The molecular formula is C13H16N4O4. The minimum Gasteiger partial charge on any atom is -0.461 e. The van der Waals surface area contributed by atoms with Gasteiger partial charge in [0.05, 0.1) is 12.8 Å². The summed E-state index contributed by atoms with van der Waals surface area (Å²) in [7, 11) is 0. The van der Waals surface area contributed by atoms with Crippen LogP contribution in [0.15, 0.2) is 27.3 Å². The first-order chi connectivity index (χ1) is 10.3. The number of hydrogen-bond acceptors (Lipinski definition) is 7. The summed E-state index contributed by atoms with van der Waals surface area (Å²) < 4.78 is 10.4. The van der Waals surface area contributed by atoms with Gasteiger partial charge in [-0.15, -0.1) is 0 Å². The van der Waals surface area contributed by atoms with Crippen molar-refractivity contribution in [3.8, 4) is 11.6 Å². The third-order valence-corrected chi connectivity index (χ3v) is 3.43. The molecule has 0 saturated carbocycles. The molecule has 1 saturated heterocycles. The Morgan fingerprint density at radius 2 is 2.14 bits per heavy atom. The maximum absolute atomic E-state index is 11.4. The Labute approximate surface area is 120 Å². The van der Waals surface area contributed by atoms with Crippen LogP contribution >= 0.6 is 0 Å². The molecule has 1 amide bonds. The first-order valence-electron chi connectivity index (χ1n) is 6.73. The molecule has 3 heterocycles. The Morgan fingerprint density at radius 1 is 1.33 bits per heavy atom. The summed E-state index contributed by atoms with van der Waals surface area (Å²) in [5, 5.41) is 12.7. The fraction of sp³-hybridized carbons (Fsp3) is 0.462. The van der Waals surface area contributed by atoms with E-state index >= 15 is 0 Å². The van der Waals surface area contributed by atoms with E-state index in [9.17, 15) is 4.79 Å². The summed E-state index contributed by atoms with van der Waals surface area (Å²) >= 11 is 0. The third kappa shape index (κ3) is 3.11. The molecule has 0 aliphatic carbocycles. The Kier molecular flexibility index (Phi) is 3.98. The van der Waals surface area contributed by atoms with Crippen molar-refractivity contribution in [3.63, 3.8) is 0 Å². The fourth-order valence-corrected chi connectivity index (χ4v) is 2.27. The molecule has 0 atom stereocenters. The molecule has 3 rings (SSSR count). The lowest BCUT2D eigenvalue weighted by Crippen LogP contribution is -2.49. The number of carbonyl (C=O) groups is 1. The van der Waals surface area contributed by atoms with Gasteiger partial charge < -0.3 is 18.9 Å². The molecule has 0 unspecified atom stereocenters. The van der Waals surface area contributed by atoms with E-state index in [-0.39, 0.29) is 5.91 Å². The van der Waals surface area contributed by atoms with Crippen LogP contribution in [-0.2, 0) is 11.3 Å². The summed E-state index contributed by atoms with van der Waals surface area (Å²) in [6.07, 6.45) is 1.56. The van der Waals surface area contributed by atoms with Crippen LogP contribution in [-0.4, -0.2) is 63.7 Å². The summed E-state index contributed by atoms with van der Waals surface area (Å²) in [6.45, 7) is 2.72. The largest absolute Gasteiger partial charge is 0.461 e. The molecule has 1 N–H and O–H groups in total. The van der Waals surface area contributed by atoms with Crippen LogP contribution in [0, 0.1) is 0 Å². The van der Waals surface area contributed by atoms with Crippen molar-refractivity contribution in [2.75, 3.05) is 32.8 Å². The second kappa shape index (κ2) is 6.06. The predicted octanol–water partition coefficient (Wildman–Crippen LogP) is -0.0339.